The molecule has 2 rings (SSSR count). The summed E-state index contributed by atoms with van der Waals surface area (Å²) in [4.78, 5) is 0. The first-order chi connectivity index (χ1) is 8.17. The second-order valence-corrected chi connectivity index (χ2v) is 5.51. The minimum absolute atomic E-state index is 0.0986. The second kappa shape index (κ2) is 5.13. The molecule has 0 aliphatic heterocycles. The molecule has 3 heteroatoms. The zero-order chi connectivity index (χ0) is 12.3. The molecular formula is C14H24N2O. The summed E-state index contributed by atoms with van der Waals surface area (Å²) in [6.45, 7) is 5.39. The SMILES string of the molecule is Cc1ccc(C)n1NCC1(CO)CCCCC1. The molecule has 0 atom stereocenters. The van der Waals surface area contributed by atoms with Gasteiger partial charge in [0, 0.05) is 23.3 Å². The van der Waals surface area contributed by atoms with E-state index in [0.29, 0.717) is 6.61 Å². The van der Waals surface area contributed by atoms with E-state index in [1.807, 2.05) is 0 Å². The van der Waals surface area contributed by atoms with Gasteiger partial charge in [0.05, 0.1) is 6.61 Å². The van der Waals surface area contributed by atoms with E-state index < -0.39 is 0 Å². The smallest absolute Gasteiger partial charge is 0.0504 e. The van der Waals surface area contributed by atoms with Crippen LogP contribution in [0.15, 0.2) is 12.1 Å². The Labute approximate surface area is 104 Å². The van der Waals surface area contributed by atoms with E-state index in [9.17, 15) is 5.11 Å². The van der Waals surface area contributed by atoms with Crippen LogP contribution < -0.4 is 5.43 Å². The monoisotopic (exact) mass is 236 g/mol. The van der Waals surface area contributed by atoms with Gasteiger partial charge in [-0.25, -0.2) is 0 Å². The highest BCUT2D eigenvalue weighted by molar-refractivity contribution is 5.15. The van der Waals surface area contributed by atoms with E-state index in [-0.39, 0.29) is 5.41 Å². The van der Waals surface area contributed by atoms with Crippen molar-refractivity contribution in [2.45, 2.75) is 46.0 Å². The minimum atomic E-state index is 0.0986. The molecule has 96 valence electrons. The first kappa shape index (κ1) is 12.5. The number of nitrogens with zero attached hydrogens (tertiary/aromatic N) is 1. The summed E-state index contributed by atoms with van der Waals surface area (Å²) in [5, 5.41) is 9.66. The molecule has 0 spiro atoms. The van der Waals surface area contributed by atoms with E-state index in [4.69, 9.17) is 0 Å². The normalized spacial score (nSPS) is 19.2. The lowest BCUT2D eigenvalue weighted by molar-refractivity contribution is 0.0917. The summed E-state index contributed by atoms with van der Waals surface area (Å²) in [5.74, 6) is 0. The van der Waals surface area contributed by atoms with Crippen LogP contribution in [0, 0.1) is 19.3 Å². The minimum Gasteiger partial charge on any atom is -0.396 e. The lowest BCUT2D eigenvalue weighted by Crippen LogP contribution is -2.38. The summed E-state index contributed by atoms with van der Waals surface area (Å²) >= 11 is 0. The number of hydrogen-bond donors (Lipinski definition) is 2. The molecule has 3 nitrogen and oxygen atoms in total. The number of aliphatic hydroxyl groups is 1. The van der Waals surface area contributed by atoms with E-state index in [0.717, 1.165) is 19.4 Å². The summed E-state index contributed by atoms with van der Waals surface area (Å²) in [5.41, 5.74) is 6.03. The molecule has 1 aromatic heterocycles. The molecule has 1 fully saturated rings. The molecule has 1 aliphatic rings. The maximum Gasteiger partial charge on any atom is 0.0504 e. The first-order valence-electron chi connectivity index (χ1n) is 6.67. The number of aliphatic hydroxyl groups excluding tert-OH is 1. The predicted octanol–water partition coefficient (Wildman–Crippen LogP) is 2.59. The fourth-order valence-electron chi connectivity index (χ4n) is 2.86. The number of nitrogens with one attached hydrogen (secondary N) is 1. The largest absolute Gasteiger partial charge is 0.396 e. The number of rotatable bonds is 4. The Bertz CT molecular complexity index is 345. The number of aromatic nitrogens is 1. The number of hydrogen-bond acceptors (Lipinski definition) is 2. The first-order valence-corrected chi connectivity index (χ1v) is 6.67. The summed E-state index contributed by atoms with van der Waals surface area (Å²) in [6.07, 6.45) is 6.13. The lowest BCUT2D eigenvalue weighted by atomic mass is 9.75. The average Bonchev–Trinajstić information content (AvgIpc) is 2.68. The Hall–Kier alpha value is -0.960. The fraction of sp³-hybridized carbons (Fsp3) is 0.714. The third kappa shape index (κ3) is 2.65. The van der Waals surface area contributed by atoms with Crippen molar-refractivity contribution >= 4 is 0 Å². The molecule has 0 radical (unpaired) electrons. The quantitative estimate of drug-likeness (QED) is 0.843. The van der Waals surface area contributed by atoms with E-state index in [2.05, 4.69) is 36.1 Å². The van der Waals surface area contributed by atoms with Crippen LogP contribution in [0.3, 0.4) is 0 Å². The fourth-order valence-corrected chi connectivity index (χ4v) is 2.86. The molecule has 17 heavy (non-hydrogen) atoms. The average molecular weight is 236 g/mol. The maximum atomic E-state index is 9.66. The Morgan fingerprint density at radius 2 is 1.76 bits per heavy atom. The van der Waals surface area contributed by atoms with Crippen LogP contribution >= 0.6 is 0 Å². The topological polar surface area (TPSA) is 37.2 Å². The lowest BCUT2D eigenvalue weighted by Gasteiger charge is -2.36. The van der Waals surface area contributed by atoms with Crippen molar-refractivity contribution in [3.63, 3.8) is 0 Å². The van der Waals surface area contributed by atoms with Gasteiger partial charge in [0.25, 0.3) is 0 Å². The van der Waals surface area contributed by atoms with Crippen LogP contribution in [0.1, 0.15) is 43.5 Å². The number of aryl methyl sites for hydroxylation is 2. The highest BCUT2D eigenvalue weighted by atomic mass is 16.3. The molecule has 0 aromatic carbocycles. The standard InChI is InChI=1S/C14H24N2O/c1-12-6-7-13(2)16(12)15-10-14(11-17)8-4-3-5-9-14/h6-7,15,17H,3-5,8-11H2,1-2H3. The molecule has 0 unspecified atom stereocenters. The van der Waals surface area contributed by atoms with Crippen molar-refractivity contribution < 1.29 is 5.11 Å². The molecule has 0 bridgehead atoms. The Morgan fingerprint density at radius 3 is 2.29 bits per heavy atom. The van der Waals surface area contributed by atoms with Gasteiger partial charge in [0.2, 0.25) is 0 Å². The summed E-state index contributed by atoms with van der Waals surface area (Å²) in [7, 11) is 0. The van der Waals surface area contributed by atoms with Crippen molar-refractivity contribution in [2.24, 2.45) is 5.41 Å². The molecule has 2 N–H and O–H groups in total. The summed E-state index contributed by atoms with van der Waals surface area (Å²) < 4.78 is 2.13. The van der Waals surface area contributed by atoms with Crippen LogP contribution in [0.5, 0.6) is 0 Å². The van der Waals surface area contributed by atoms with Gasteiger partial charge in [0.15, 0.2) is 0 Å². The zero-order valence-electron chi connectivity index (χ0n) is 11.0. The van der Waals surface area contributed by atoms with E-state index in [1.165, 1.54) is 30.7 Å². The Kier molecular flexibility index (Phi) is 3.77. The van der Waals surface area contributed by atoms with Crippen LogP contribution in [0.2, 0.25) is 0 Å². The molecule has 0 amide bonds. The Balaban J connectivity index is 2.00. The van der Waals surface area contributed by atoms with Gasteiger partial charge < -0.3 is 10.5 Å². The van der Waals surface area contributed by atoms with Crippen molar-refractivity contribution in [1.82, 2.24) is 4.68 Å². The van der Waals surface area contributed by atoms with Gasteiger partial charge in [-0.05, 0) is 38.8 Å². The van der Waals surface area contributed by atoms with Crippen LogP contribution in [-0.2, 0) is 0 Å². The molecule has 1 heterocycles. The Morgan fingerprint density at radius 1 is 1.18 bits per heavy atom. The second-order valence-electron chi connectivity index (χ2n) is 5.51. The third-order valence-corrected chi connectivity index (χ3v) is 4.13. The van der Waals surface area contributed by atoms with Crippen molar-refractivity contribution in [2.75, 3.05) is 18.6 Å². The van der Waals surface area contributed by atoms with Gasteiger partial charge in [-0.15, -0.1) is 0 Å². The highest BCUT2D eigenvalue weighted by Crippen LogP contribution is 2.35. The van der Waals surface area contributed by atoms with Crippen LogP contribution in [0.25, 0.3) is 0 Å². The van der Waals surface area contributed by atoms with Crippen molar-refractivity contribution in [1.29, 1.82) is 0 Å². The summed E-state index contributed by atoms with van der Waals surface area (Å²) in [6, 6.07) is 4.24. The van der Waals surface area contributed by atoms with Gasteiger partial charge >= 0.3 is 0 Å². The van der Waals surface area contributed by atoms with Crippen LogP contribution in [0.4, 0.5) is 0 Å². The van der Waals surface area contributed by atoms with Crippen molar-refractivity contribution in [3.8, 4) is 0 Å². The third-order valence-electron chi connectivity index (χ3n) is 4.13. The molecule has 0 saturated heterocycles. The predicted molar refractivity (Wildman–Crippen MR) is 70.7 cm³/mol. The van der Waals surface area contributed by atoms with Gasteiger partial charge in [0.1, 0.15) is 0 Å². The zero-order valence-corrected chi connectivity index (χ0v) is 11.0. The van der Waals surface area contributed by atoms with Gasteiger partial charge in [-0.1, -0.05) is 19.3 Å². The molecule has 1 aromatic rings. The molecular weight excluding hydrogens is 212 g/mol. The highest BCUT2D eigenvalue weighted by Gasteiger charge is 2.31. The van der Waals surface area contributed by atoms with E-state index in [1.54, 1.807) is 0 Å². The maximum absolute atomic E-state index is 9.66. The van der Waals surface area contributed by atoms with Crippen LogP contribution in [-0.4, -0.2) is 22.9 Å². The van der Waals surface area contributed by atoms with Gasteiger partial charge in [-0.2, -0.15) is 0 Å². The molecule has 1 aliphatic carbocycles. The van der Waals surface area contributed by atoms with E-state index >= 15 is 0 Å². The van der Waals surface area contributed by atoms with Crippen molar-refractivity contribution in [3.05, 3.63) is 23.5 Å². The van der Waals surface area contributed by atoms with Gasteiger partial charge in [-0.3, -0.25) is 4.68 Å². The molecule has 1 saturated carbocycles.